The van der Waals surface area contributed by atoms with Crippen LogP contribution in [0.25, 0.3) is 11.1 Å². The van der Waals surface area contributed by atoms with Gasteiger partial charge in [-0.3, -0.25) is 5.32 Å². The molecule has 3 N–H and O–H groups in total. The van der Waals surface area contributed by atoms with Crippen LogP contribution in [-0.4, -0.2) is 48.5 Å². The van der Waals surface area contributed by atoms with E-state index in [2.05, 4.69) is 53.5 Å². The molecular formula is C33H36N2O4. The minimum atomic E-state index is -1.04. The normalized spacial score (nSPS) is 11.2. The first-order valence-electron chi connectivity index (χ1n) is 12.9. The van der Waals surface area contributed by atoms with E-state index in [1.165, 1.54) is 16.7 Å². The number of nitrogens with zero attached hydrogens (tertiary/aromatic N) is 1. The van der Waals surface area contributed by atoms with Crippen LogP contribution in [0.15, 0.2) is 109 Å². The van der Waals surface area contributed by atoms with Gasteiger partial charge >= 0.3 is 6.09 Å². The highest BCUT2D eigenvalue weighted by molar-refractivity contribution is 5.98. The minimum absolute atomic E-state index is 0.274. The lowest BCUT2D eigenvalue weighted by Crippen LogP contribution is -2.19. The summed E-state index contributed by atoms with van der Waals surface area (Å²) in [6.07, 6.45) is -0.132. The molecule has 0 unspecified atom stereocenters. The van der Waals surface area contributed by atoms with Crippen LogP contribution in [-0.2, 0) is 0 Å². The molecule has 0 spiro atoms. The van der Waals surface area contributed by atoms with Gasteiger partial charge in [0.25, 0.3) is 0 Å². The number of hydrogen-bond donors (Lipinski definition) is 3. The van der Waals surface area contributed by atoms with Crippen LogP contribution in [0.5, 0.6) is 11.5 Å². The second-order valence-electron chi connectivity index (χ2n) is 9.09. The van der Waals surface area contributed by atoms with Crippen molar-refractivity contribution < 1.29 is 19.7 Å². The van der Waals surface area contributed by atoms with Gasteiger partial charge in [-0.15, -0.1) is 0 Å². The van der Waals surface area contributed by atoms with Gasteiger partial charge in [-0.2, -0.15) is 0 Å². The van der Waals surface area contributed by atoms with E-state index in [9.17, 15) is 9.90 Å². The molecule has 4 aromatic carbocycles. The Kier molecular flexibility index (Phi) is 11.2. The number of aromatic hydroxyl groups is 1. The molecule has 0 aromatic heterocycles. The highest BCUT2D eigenvalue weighted by atomic mass is 16.5. The van der Waals surface area contributed by atoms with Crippen molar-refractivity contribution in [2.45, 2.75) is 13.3 Å². The van der Waals surface area contributed by atoms with Crippen molar-refractivity contribution in [3.05, 3.63) is 126 Å². The summed E-state index contributed by atoms with van der Waals surface area (Å²) < 4.78 is 5.85. The summed E-state index contributed by atoms with van der Waals surface area (Å²) in [5.41, 5.74) is 6.48. The molecule has 0 atom stereocenters. The fraction of sp³-hybridized carbons (Fsp3) is 0.182. The zero-order valence-corrected chi connectivity index (χ0v) is 22.7. The van der Waals surface area contributed by atoms with E-state index < -0.39 is 6.09 Å². The maximum atomic E-state index is 10.1. The van der Waals surface area contributed by atoms with Crippen LogP contribution < -0.4 is 10.1 Å². The van der Waals surface area contributed by atoms with E-state index in [0.717, 1.165) is 29.8 Å². The second-order valence-corrected chi connectivity index (χ2v) is 9.09. The topological polar surface area (TPSA) is 82.0 Å². The highest BCUT2D eigenvalue weighted by Crippen LogP contribution is 2.35. The number of allylic oxidation sites excluding steroid dienone is 1. The summed E-state index contributed by atoms with van der Waals surface area (Å²) in [4.78, 5) is 12.2. The number of hydrogen-bond acceptors (Lipinski definition) is 4. The number of carboxylic acid groups (broad SMARTS) is 1. The molecule has 0 bridgehead atoms. The van der Waals surface area contributed by atoms with E-state index in [4.69, 9.17) is 9.84 Å². The quantitative estimate of drug-likeness (QED) is 0.198. The smallest absolute Gasteiger partial charge is 0.409 e. The Morgan fingerprint density at radius 2 is 1.31 bits per heavy atom. The molecule has 6 heteroatoms. The molecule has 0 saturated carbocycles. The first-order chi connectivity index (χ1) is 18.9. The number of amides is 1. The molecule has 0 aliphatic heterocycles. The van der Waals surface area contributed by atoms with Gasteiger partial charge in [0.1, 0.15) is 18.1 Å². The second kappa shape index (κ2) is 15.0. The number of nitrogens with one attached hydrogen (secondary N) is 1. The number of carbonyl (C=O) groups is 1. The number of ether oxygens (including phenoxy) is 1. The van der Waals surface area contributed by atoms with Gasteiger partial charge in [0, 0.05) is 12.2 Å². The first kappa shape index (κ1) is 29.0. The molecule has 39 heavy (non-hydrogen) atoms. The van der Waals surface area contributed by atoms with Crippen LogP contribution >= 0.6 is 0 Å². The molecule has 0 saturated heterocycles. The molecule has 6 nitrogen and oxygen atoms in total. The predicted molar refractivity (Wildman–Crippen MR) is 159 cm³/mol. The number of phenols is 1. The van der Waals surface area contributed by atoms with E-state index in [-0.39, 0.29) is 5.75 Å². The van der Waals surface area contributed by atoms with Gasteiger partial charge < -0.3 is 19.8 Å². The Morgan fingerprint density at radius 1 is 0.769 bits per heavy atom. The Morgan fingerprint density at radius 3 is 1.82 bits per heavy atom. The average molecular weight is 525 g/mol. The average Bonchev–Trinajstić information content (AvgIpc) is 2.94. The third-order valence-corrected chi connectivity index (χ3v) is 5.91. The predicted octanol–water partition coefficient (Wildman–Crippen LogP) is 7.48. The summed E-state index contributed by atoms with van der Waals surface area (Å²) in [6.45, 7) is 3.73. The van der Waals surface area contributed by atoms with E-state index in [1.807, 2.05) is 50.5 Å². The monoisotopic (exact) mass is 524 g/mol. The number of benzene rings is 4. The highest BCUT2D eigenvalue weighted by Gasteiger charge is 2.13. The van der Waals surface area contributed by atoms with Crippen molar-refractivity contribution >= 4 is 22.9 Å². The number of phenolic OH excluding ortho intramolecular Hbond substituents is 1. The Bertz CT molecular complexity index is 1320. The number of rotatable bonds is 9. The van der Waals surface area contributed by atoms with Gasteiger partial charge in [0.15, 0.2) is 0 Å². The standard InChI is InChI=1S/C26H29NO2.C7H7NO2/c1-4-25(20-8-6-5-7-9-20)26(21-10-14-23(28)15-11-21)22-12-16-24(17-13-22)29-19-18-27(2)3;9-7(10)8-6-4-2-1-3-5-6/h5-17,28H,4,18-19H2,1-3H3;1-5,8H,(H,9,10)/b26-25+;. The SMILES string of the molecule is CC/C(=C(/c1ccc(O)cc1)c1ccc(OCCN(C)C)cc1)c1ccccc1.O=C(O)Nc1ccccc1. The minimum Gasteiger partial charge on any atom is -0.508 e. The lowest BCUT2D eigenvalue weighted by Gasteiger charge is -2.17. The molecule has 0 radical (unpaired) electrons. The van der Waals surface area contributed by atoms with Crippen LogP contribution in [0.4, 0.5) is 10.5 Å². The fourth-order valence-electron chi connectivity index (χ4n) is 4.02. The molecule has 0 aliphatic carbocycles. The van der Waals surface area contributed by atoms with Crippen LogP contribution in [0.2, 0.25) is 0 Å². The molecule has 0 heterocycles. The van der Waals surface area contributed by atoms with E-state index in [0.29, 0.717) is 12.3 Å². The maximum Gasteiger partial charge on any atom is 0.409 e. The lowest BCUT2D eigenvalue weighted by molar-refractivity contribution is 0.209. The zero-order chi connectivity index (χ0) is 28.0. The maximum absolute atomic E-state index is 10.1. The summed E-state index contributed by atoms with van der Waals surface area (Å²) in [7, 11) is 4.08. The molecule has 4 aromatic rings. The van der Waals surface area contributed by atoms with E-state index in [1.54, 1.807) is 36.4 Å². The van der Waals surface area contributed by atoms with Gasteiger partial charge in [-0.25, -0.2) is 4.79 Å². The Labute approximate surface area is 230 Å². The Balaban J connectivity index is 0.000000353. The van der Waals surface area contributed by atoms with Gasteiger partial charge in [0.2, 0.25) is 0 Å². The third kappa shape index (κ3) is 9.36. The number of para-hydroxylation sites is 1. The summed E-state index contributed by atoms with van der Waals surface area (Å²) in [5.74, 6) is 1.15. The Hall–Kier alpha value is -4.55. The third-order valence-electron chi connectivity index (χ3n) is 5.91. The molecule has 1 amide bonds. The van der Waals surface area contributed by atoms with Crippen molar-refractivity contribution in [2.24, 2.45) is 0 Å². The molecule has 202 valence electrons. The number of anilines is 1. The summed E-state index contributed by atoms with van der Waals surface area (Å²) in [6, 6.07) is 35.0. The van der Waals surface area contributed by atoms with Crippen molar-refractivity contribution in [1.29, 1.82) is 0 Å². The van der Waals surface area contributed by atoms with Crippen molar-refractivity contribution in [1.82, 2.24) is 4.90 Å². The van der Waals surface area contributed by atoms with Gasteiger partial charge in [-0.1, -0.05) is 79.7 Å². The molecular weight excluding hydrogens is 488 g/mol. The molecule has 4 rings (SSSR count). The van der Waals surface area contributed by atoms with Gasteiger partial charge in [0.05, 0.1) is 0 Å². The van der Waals surface area contributed by atoms with Crippen molar-refractivity contribution in [3.8, 4) is 11.5 Å². The number of likely N-dealkylation sites (N-methyl/N-ethyl adjacent to an activating group) is 1. The first-order valence-corrected chi connectivity index (χ1v) is 12.9. The van der Waals surface area contributed by atoms with Crippen LogP contribution in [0.3, 0.4) is 0 Å². The van der Waals surface area contributed by atoms with E-state index >= 15 is 0 Å². The summed E-state index contributed by atoms with van der Waals surface area (Å²) in [5, 5.41) is 20.2. The van der Waals surface area contributed by atoms with Gasteiger partial charge in [-0.05, 0) is 84.8 Å². The lowest BCUT2D eigenvalue weighted by atomic mass is 9.88. The molecule has 0 fully saturated rings. The van der Waals surface area contributed by atoms with Crippen molar-refractivity contribution in [3.63, 3.8) is 0 Å². The fourth-order valence-corrected chi connectivity index (χ4v) is 4.02. The molecule has 0 aliphatic rings. The van der Waals surface area contributed by atoms with Crippen molar-refractivity contribution in [2.75, 3.05) is 32.6 Å². The largest absolute Gasteiger partial charge is 0.508 e. The van der Waals surface area contributed by atoms with Crippen LogP contribution in [0.1, 0.15) is 30.0 Å². The van der Waals surface area contributed by atoms with Crippen LogP contribution in [0, 0.1) is 0 Å². The summed E-state index contributed by atoms with van der Waals surface area (Å²) >= 11 is 0. The zero-order valence-electron chi connectivity index (χ0n) is 22.7.